The molecule has 0 radical (unpaired) electrons. The summed E-state index contributed by atoms with van der Waals surface area (Å²) in [5.41, 5.74) is 2.28. The van der Waals surface area contributed by atoms with E-state index in [4.69, 9.17) is 25.8 Å². The maximum absolute atomic E-state index is 6.03. The predicted octanol–water partition coefficient (Wildman–Crippen LogP) is 2.34. The Morgan fingerprint density at radius 1 is 1.10 bits per heavy atom. The first-order chi connectivity index (χ1) is 10.3. The molecule has 0 atom stereocenters. The molecule has 0 saturated carbocycles. The highest BCUT2D eigenvalue weighted by Crippen LogP contribution is 2.32. The van der Waals surface area contributed by atoms with Crippen molar-refractivity contribution in [1.82, 2.24) is 0 Å². The lowest BCUT2D eigenvalue weighted by Crippen LogP contribution is -2.80. The molecule has 110 valence electrons. The van der Waals surface area contributed by atoms with Gasteiger partial charge in [-0.05, 0) is 36.4 Å². The average Bonchev–Trinajstić information content (AvgIpc) is 2.95. The van der Waals surface area contributed by atoms with Crippen LogP contribution in [-0.2, 0) is 13.1 Å². The largest absolute Gasteiger partial charge is 0.496 e. The van der Waals surface area contributed by atoms with Crippen LogP contribution in [0.4, 0.5) is 0 Å². The van der Waals surface area contributed by atoms with Crippen molar-refractivity contribution in [3.8, 4) is 17.2 Å². The summed E-state index contributed by atoms with van der Waals surface area (Å²) >= 11 is 6.03. The summed E-state index contributed by atoms with van der Waals surface area (Å²) in [6, 6.07) is 11.7. The molecule has 2 aromatic carbocycles. The number of hydrogen-bond donors (Lipinski definition) is 1. The van der Waals surface area contributed by atoms with E-state index in [1.807, 2.05) is 30.3 Å². The van der Waals surface area contributed by atoms with E-state index in [0.29, 0.717) is 6.79 Å². The predicted molar refractivity (Wildman–Crippen MR) is 79.9 cm³/mol. The van der Waals surface area contributed by atoms with Crippen molar-refractivity contribution in [3.05, 3.63) is 52.5 Å². The molecule has 21 heavy (non-hydrogen) atoms. The Labute approximate surface area is 128 Å². The molecule has 1 aliphatic rings. The maximum atomic E-state index is 6.03. The van der Waals surface area contributed by atoms with E-state index in [1.165, 1.54) is 5.56 Å². The first kappa shape index (κ1) is 14.0. The lowest BCUT2D eigenvalue weighted by molar-refractivity contribution is -0.686. The number of rotatable bonds is 5. The number of halogens is 1. The molecular weight excluding hydrogens is 290 g/mol. The number of benzene rings is 2. The summed E-state index contributed by atoms with van der Waals surface area (Å²) in [7, 11) is 1.67. The summed E-state index contributed by atoms with van der Waals surface area (Å²) in [6.07, 6.45) is 0. The number of nitrogens with two attached hydrogens (primary N) is 1. The molecule has 4 nitrogen and oxygen atoms in total. The van der Waals surface area contributed by atoms with Gasteiger partial charge in [-0.15, -0.1) is 0 Å². The number of ether oxygens (including phenoxy) is 3. The van der Waals surface area contributed by atoms with Crippen molar-refractivity contribution < 1.29 is 19.5 Å². The third kappa shape index (κ3) is 3.23. The van der Waals surface area contributed by atoms with Crippen LogP contribution < -0.4 is 19.5 Å². The molecule has 0 unspecified atom stereocenters. The topological polar surface area (TPSA) is 44.3 Å². The van der Waals surface area contributed by atoms with Crippen molar-refractivity contribution >= 4 is 11.6 Å². The number of quaternary nitrogens is 1. The van der Waals surface area contributed by atoms with Crippen LogP contribution in [0.1, 0.15) is 11.1 Å². The van der Waals surface area contributed by atoms with Crippen LogP contribution in [-0.4, -0.2) is 13.9 Å². The maximum Gasteiger partial charge on any atom is 0.231 e. The molecular formula is C16H17ClNO3+. The fraction of sp³-hybridized carbons (Fsp3) is 0.250. The van der Waals surface area contributed by atoms with Crippen LogP contribution in [0.15, 0.2) is 36.4 Å². The quantitative estimate of drug-likeness (QED) is 0.922. The second-order valence-corrected chi connectivity index (χ2v) is 5.28. The Hall–Kier alpha value is -1.91. The molecule has 1 heterocycles. The zero-order valence-corrected chi connectivity index (χ0v) is 12.5. The van der Waals surface area contributed by atoms with Gasteiger partial charge in [0.15, 0.2) is 11.5 Å². The molecule has 0 saturated heterocycles. The van der Waals surface area contributed by atoms with E-state index in [2.05, 4.69) is 11.4 Å². The van der Waals surface area contributed by atoms with Crippen LogP contribution in [0, 0.1) is 0 Å². The second kappa shape index (κ2) is 6.24. The summed E-state index contributed by atoms with van der Waals surface area (Å²) in [4.78, 5) is 0. The highest BCUT2D eigenvalue weighted by atomic mass is 35.5. The van der Waals surface area contributed by atoms with Gasteiger partial charge in [-0.25, -0.2) is 0 Å². The first-order valence-electron chi connectivity index (χ1n) is 6.79. The van der Waals surface area contributed by atoms with E-state index in [1.54, 1.807) is 7.11 Å². The highest BCUT2D eigenvalue weighted by Gasteiger charge is 2.13. The van der Waals surface area contributed by atoms with E-state index < -0.39 is 0 Å². The fourth-order valence-electron chi connectivity index (χ4n) is 2.37. The van der Waals surface area contributed by atoms with Crippen LogP contribution in [0.2, 0.25) is 5.02 Å². The molecule has 2 N–H and O–H groups in total. The minimum Gasteiger partial charge on any atom is -0.496 e. The van der Waals surface area contributed by atoms with Gasteiger partial charge in [-0.2, -0.15) is 0 Å². The van der Waals surface area contributed by atoms with Crippen molar-refractivity contribution in [2.24, 2.45) is 0 Å². The molecule has 0 aromatic heterocycles. The second-order valence-electron chi connectivity index (χ2n) is 4.84. The van der Waals surface area contributed by atoms with Crippen LogP contribution in [0.5, 0.6) is 17.2 Å². The van der Waals surface area contributed by atoms with E-state index in [-0.39, 0.29) is 0 Å². The summed E-state index contributed by atoms with van der Waals surface area (Å²) in [5.74, 6) is 2.50. The molecule has 0 fully saturated rings. The molecule has 0 spiro atoms. The minimum atomic E-state index is 0.308. The average molecular weight is 307 g/mol. The molecule has 0 aliphatic carbocycles. The summed E-state index contributed by atoms with van der Waals surface area (Å²) in [5, 5.41) is 2.92. The van der Waals surface area contributed by atoms with Crippen molar-refractivity contribution in [1.29, 1.82) is 0 Å². The molecule has 5 heteroatoms. The SMILES string of the molecule is COc1ccc(Cl)cc1C[NH2+]Cc1ccc2c(c1)OCO2. The van der Waals surface area contributed by atoms with Gasteiger partial charge in [-0.1, -0.05) is 11.6 Å². The van der Waals surface area contributed by atoms with E-state index in [0.717, 1.165) is 40.9 Å². The van der Waals surface area contributed by atoms with Crippen LogP contribution in [0.25, 0.3) is 0 Å². The van der Waals surface area contributed by atoms with Gasteiger partial charge >= 0.3 is 0 Å². The molecule has 3 rings (SSSR count). The van der Waals surface area contributed by atoms with Gasteiger partial charge < -0.3 is 19.5 Å². The monoisotopic (exact) mass is 306 g/mol. The Kier molecular flexibility index (Phi) is 4.18. The standard InChI is InChI=1S/C16H16ClNO3/c1-19-14-5-3-13(17)7-12(14)9-18-8-11-2-4-15-16(6-11)21-10-20-15/h2-7,18H,8-10H2,1H3/p+1. The van der Waals surface area contributed by atoms with Crippen molar-refractivity contribution in [2.45, 2.75) is 13.1 Å². The number of methoxy groups -OCH3 is 1. The Morgan fingerprint density at radius 3 is 2.81 bits per heavy atom. The van der Waals surface area contributed by atoms with Crippen molar-refractivity contribution in [2.75, 3.05) is 13.9 Å². The Morgan fingerprint density at radius 2 is 1.95 bits per heavy atom. The zero-order chi connectivity index (χ0) is 14.7. The lowest BCUT2D eigenvalue weighted by Gasteiger charge is -2.08. The van der Waals surface area contributed by atoms with E-state index >= 15 is 0 Å². The molecule has 2 aromatic rings. The fourth-order valence-corrected chi connectivity index (χ4v) is 2.56. The van der Waals surface area contributed by atoms with Gasteiger partial charge in [0.1, 0.15) is 18.8 Å². The van der Waals surface area contributed by atoms with Crippen LogP contribution >= 0.6 is 11.6 Å². The Balaban J connectivity index is 1.62. The molecule has 1 aliphatic heterocycles. The van der Waals surface area contributed by atoms with Gasteiger partial charge in [0, 0.05) is 16.1 Å². The summed E-state index contributed by atoms with van der Waals surface area (Å²) < 4.78 is 16.0. The number of hydrogen-bond acceptors (Lipinski definition) is 3. The van der Waals surface area contributed by atoms with Gasteiger partial charge in [0.05, 0.1) is 7.11 Å². The number of fused-ring (bicyclic) bond motifs is 1. The smallest absolute Gasteiger partial charge is 0.231 e. The third-order valence-corrected chi connectivity index (χ3v) is 3.66. The van der Waals surface area contributed by atoms with Gasteiger partial charge in [-0.3, -0.25) is 0 Å². The first-order valence-corrected chi connectivity index (χ1v) is 7.16. The third-order valence-electron chi connectivity index (χ3n) is 3.42. The van der Waals surface area contributed by atoms with Crippen LogP contribution in [0.3, 0.4) is 0 Å². The Bertz CT molecular complexity index is 645. The normalized spacial score (nSPS) is 12.5. The minimum absolute atomic E-state index is 0.308. The van der Waals surface area contributed by atoms with Gasteiger partial charge in [0.25, 0.3) is 0 Å². The van der Waals surface area contributed by atoms with E-state index in [9.17, 15) is 0 Å². The van der Waals surface area contributed by atoms with Gasteiger partial charge in [0.2, 0.25) is 6.79 Å². The molecule has 0 amide bonds. The van der Waals surface area contributed by atoms with Crippen molar-refractivity contribution in [3.63, 3.8) is 0 Å². The highest BCUT2D eigenvalue weighted by molar-refractivity contribution is 6.30. The molecule has 0 bridgehead atoms. The lowest BCUT2D eigenvalue weighted by atomic mass is 10.1. The summed E-state index contributed by atoms with van der Waals surface area (Å²) in [6.45, 7) is 1.96. The zero-order valence-electron chi connectivity index (χ0n) is 11.8.